The number of aromatic amines is 1. The van der Waals surface area contributed by atoms with Gasteiger partial charge in [-0.1, -0.05) is 45.0 Å². The van der Waals surface area contributed by atoms with Gasteiger partial charge in [-0.3, -0.25) is 0 Å². The van der Waals surface area contributed by atoms with E-state index >= 15 is 0 Å². The lowest BCUT2D eigenvalue weighted by Crippen LogP contribution is -2.10. The van der Waals surface area contributed by atoms with Gasteiger partial charge in [0, 0.05) is 5.56 Å². The summed E-state index contributed by atoms with van der Waals surface area (Å²) < 4.78 is 0. The zero-order valence-corrected chi connectivity index (χ0v) is 9.33. The lowest BCUT2D eigenvalue weighted by Gasteiger charge is -2.18. The van der Waals surface area contributed by atoms with Crippen molar-refractivity contribution in [1.29, 1.82) is 0 Å². The Kier molecular flexibility index (Phi) is 2.35. The molecule has 77 valence electrons. The van der Waals surface area contributed by atoms with E-state index in [1.165, 1.54) is 5.56 Å². The molecule has 0 saturated carbocycles. The van der Waals surface area contributed by atoms with Crippen LogP contribution in [0.25, 0.3) is 11.3 Å². The maximum atomic E-state index is 4.17. The number of nitrogens with zero attached hydrogens (tertiary/aromatic N) is 1. The quantitative estimate of drug-likeness (QED) is 0.750. The monoisotopic (exact) mass is 199 g/mol. The summed E-state index contributed by atoms with van der Waals surface area (Å²) >= 11 is 0. The van der Waals surface area contributed by atoms with E-state index in [9.17, 15) is 0 Å². The van der Waals surface area contributed by atoms with Crippen LogP contribution in [0.15, 0.2) is 30.6 Å². The molecule has 1 radical (unpaired) electrons. The Bertz CT molecular complexity index is 419. The first-order chi connectivity index (χ1) is 7.07. The summed E-state index contributed by atoms with van der Waals surface area (Å²) in [7, 11) is 0. The number of H-pyrrole nitrogens is 1. The van der Waals surface area contributed by atoms with Gasteiger partial charge in [-0.05, 0) is 11.0 Å². The fourth-order valence-corrected chi connectivity index (χ4v) is 1.50. The van der Waals surface area contributed by atoms with Gasteiger partial charge in [-0.15, -0.1) is 0 Å². The molecule has 0 amide bonds. The standard InChI is InChI=1S/C13H15N2/c1-13(2,3)11-6-4-10(5-7-11)12-8-14-9-15-12/h4-7,9H,1-3H3,(H,14,15). The molecule has 15 heavy (non-hydrogen) atoms. The van der Waals surface area contributed by atoms with Gasteiger partial charge in [0.25, 0.3) is 0 Å². The van der Waals surface area contributed by atoms with Crippen molar-refractivity contribution < 1.29 is 0 Å². The second-order valence-electron chi connectivity index (χ2n) is 4.70. The first kappa shape index (κ1) is 9.97. The third kappa shape index (κ3) is 2.09. The molecule has 1 aromatic carbocycles. The normalized spacial score (nSPS) is 11.7. The molecular weight excluding hydrogens is 184 g/mol. The summed E-state index contributed by atoms with van der Waals surface area (Å²) in [6.07, 6.45) is 4.62. The minimum Gasteiger partial charge on any atom is -0.343 e. The highest BCUT2D eigenvalue weighted by Gasteiger charge is 2.13. The van der Waals surface area contributed by atoms with E-state index in [0.717, 1.165) is 11.3 Å². The van der Waals surface area contributed by atoms with Crippen molar-refractivity contribution in [2.45, 2.75) is 26.2 Å². The van der Waals surface area contributed by atoms with Crippen LogP contribution in [0.5, 0.6) is 0 Å². The molecule has 0 aliphatic heterocycles. The van der Waals surface area contributed by atoms with Crippen LogP contribution in [0.3, 0.4) is 0 Å². The van der Waals surface area contributed by atoms with Crippen LogP contribution in [0, 0.1) is 6.20 Å². The molecular formula is C13H15N2. The molecule has 0 aliphatic carbocycles. The number of imidazole rings is 1. The van der Waals surface area contributed by atoms with Gasteiger partial charge in [0.05, 0.1) is 18.2 Å². The molecule has 1 aromatic heterocycles. The van der Waals surface area contributed by atoms with Gasteiger partial charge < -0.3 is 4.98 Å². The zero-order valence-electron chi connectivity index (χ0n) is 9.33. The number of benzene rings is 1. The van der Waals surface area contributed by atoms with Crippen molar-refractivity contribution in [2.75, 3.05) is 0 Å². The van der Waals surface area contributed by atoms with Crippen LogP contribution in [0.2, 0.25) is 0 Å². The predicted octanol–water partition coefficient (Wildman–Crippen LogP) is 3.17. The Balaban J connectivity index is 2.33. The maximum absolute atomic E-state index is 4.17. The van der Waals surface area contributed by atoms with Gasteiger partial charge in [0.2, 0.25) is 0 Å². The summed E-state index contributed by atoms with van der Waals surface area (Å²) in [4.78, 5) is 7.00. The van der Waals surface area contributed by atoms with Crippen molar-refractivity contribution in [3.63, 3.8) is 0 Å². The van der Waals surface area contributed by atoms with E-state index in [2.05, 4.69) is 61.2 Å². The van der Waals surface area contributed by atoms with E-state index in [0.29, 0.717) is 0 Å². The van der Waals surface area contributed by atoms with Gasteiger partial charge in [-0.2, -0.15) is 0 Å². The van der Waals surface area contributed by atoms with Crippen LogP contribution in [0.1, 0.15) is 26.3 Å². The second-order valence-corrected chi connectivity index (χ2v) is 4.70. The van der Waals surface area contributed by atoms with Gasteiger partial charge in [0.15, 0.2) is 0 Å². The molecule has 0 atom stereocenters. The number of hydrogen-bond acceptors (Lipinski definition) is 1. The number of rotatable bonds is 1. The highest BCUT2D eigenvalue weighted by Crippen LogP contribution is 2.24. The minimum absolute atomic E-state index is 0.202. The van der Waals surface area contributed by atoms with Crippen LogP contribution >= 0.6 is 0 Å². The highest BCUT2D eigenvalue weighted by molar-refractivity contribution is 5.58. The number of hydrogen-bond donors (Lipinski definition) is 1. The fraction of sp³-hybridized carbons (Fsp3) is 0.308. The average Bonchev–Trinajstić information content (AvgIpc) is 2.69. The van der Waals surface area contributed by atoms with Crippen molar-refractivity contribution in [3.8, 4) is 11.3 Å². The molecule has 0 aliphatic rings. The van der Waals surface area contributed by atoms with E-state index in [1.54, 1.807) is 6.33 Å². The lowest BCUT2D eigenvalue weighted by atomic mass is 9.86. The van der Waals surface area contributed by atoms with Crippen molar-refractivity contribution in [3.05, 3.63) is 42.4 Å². The van der Waals surface area contributed by atoms with Crippen molar-refractivity contribution in [1.82, 2.24) is 9.97 Å². The minimum atomic E-state index is 0.202. The zero-order chi connectivity index (χ0) is 10.9. The van der Waals surface area contributed by atoms with Gasteiger partial charge >= 0.3 is 0 Å². The third-order valence-electron chi connectivity index (χ3n) is 2.47. The highest BCUT2D eigenvalue weighted by atomic mass is 14.9. The maximum Gasteiger partial charge on any atom is 0.0977 e. The predicted molar refractivity (Wildman–Crippen MR) is 61.6 cm³/mol. The van der Waals surface area contributed by atoms with Gasteiger partial charge in [-0.25, -0.2) is 4.98 Å². The Hall–Kier alpha value is -1.57. The van der Waals surface area contributed by atoms with Crippen LogP contribution in [-0.4, -0.2) is 9.97 Å². The van der Waals surface area contributed by atoms with Crippen LogP contribution < -0.4 is 0 Å². The molecule has 1 heterocycles. The van der Waals surface area contributed by atoms with Gasteiger partial charge in [0.1, 0.15) is 0 Å². The molecule has 0 spiro atoms. The molecule has 0 fully saturated rings. The molecule has 2 heteroatoms. The SMILES string of the molecule is CC(C)(C)c1ccc(-c2[c][nH]cn2)cc1. The topological polar surface area (TPSA) is 28.7 Å². The van der Waals surface area contributed by atoms with Crippen LogP contribution in [0.4, 0.5) is 0 Å². The molecule has 1 N–H and O–H groups in total. The Morgan fingerprint density at radius 1 is 1.13 bits per heavy atom. The molecule has 0 bridgehead atoms. The molecule has 2 nitrogen and oxygen atoms in total. The summed E-state index contributed by atoms with van der Waals surface area (Å²) in [5, 5.41) is 0. The van der Waals surface area contributed by atoms with E-state index in [-0.39, 0.29) is 5.41 Å². The van der Waals surface area contributed by atoms with Crippen molar-refractivity contribution in [2.24, 2.45) is 0 Å². The summed E-state index contributed by atoms with van der Waals surface area (Å²) in [6.45, 7) is 6.63. The van der Waals surface area contributed by atoms with E-state index in [4.69, 9.17) is 0 Å². The number of aromatic nitrogens is 2. The Labute approximate surface area is 90.4 Å². The Morgan fingerprint density at radius 2 is 1.80 bits per heavy atom. The molecule has 2 rings (SSSR count). The lowest BCUT2D eigenvalue weighted by molar-refractivity contribution is 0.590. The first-order valence-corrected chi connectivity index (χ1v) is 5.09. The second kappa shape index (κ2) is 3.54. The number of nitrogens with one attached hydrogen (secondary N) is 1. The molecule has 0 saturated heterocycles. The van der Waals surface area contributed by atoms with Crippen LogP contribution in [-0.2, 0) is 5.41 Å². The smallest absolute Gasteiger partial charge is 0.0977 e. The fourth-order valence-electron chi connectivity index (χ4n) is 1.50. The summed E-state index contributed by atoms with van der Waals surface area (Å²) in [5.74, 6) is 0. The average molecular weight is 199 g/mol. The molecule has 0 unspecified atom stereocenters. The summed E-state index contributed by atoms with van der Waals surface area (Å²) in [6, 6.07) is 8.48. The Morgan fingerprint density at radius 3 is 2.27 bits per heavy atom. The first-order valence-electron chi connectivity index (χ1n) is 5.09. The van der Waals surface area contributed by atoms with E-state index < -0.39 is 0 Å². The summed E-state index contributed by atoms with van der Waals surface area (Å²) in [5.41, 5.74) is 3.51. The van der Waals surface area contributed by atoms with Crippen molar-refractivity contribution >= 4 is 0 Å². The third-order valence-corrected chi connectivity index (χ3v) is 2.47. The largest absolute Gasteiger partial charge is 0.343 e. The van der Waals surface area contributed by atoms with E-state index in [1.807, 2.05) is 0 Å². The molecule has 2 aromatic rings.